The molecular weight excluding hydrogens is 456 g/mol. The number of ketones is 1. The average Bonchev–Trinajstić information content (AvgIpc) is 3.32. The first kappa shape index (κ1) is 24.0. The molecule has 3 aliphatic carbocycles. The van der Waals surface area contributed by atoms with Crippen molar-refractivity contribution in [3.05, 3.63) is 35.6 Å². The number of aliphatic hydroxyl groups is 1. The van der Waals surface area contributed by atoms with Gasteiger partial charge in [-0.2, -0.15) is 0 Å². The normalized spacial score (nSPS) is 47.8. The maximum atomic E-state index is 12.8. The number of Topliss-reactive ketones (excluding diaryl/α,β-unsaturated/α-hetero) is 1. The second kappa shape index (κ2) is 9.16. The molecule has 3 heterocycles. The van der Waals surface area contributed by atoms with Gasteiger partial charge in [0.05, 0.1) is 18.2 Å². The van der Waals surface area contributed by atoms with Crippen LogP contribution in [0.5, 0.6) is 0 Å². The molecule has 7 nitrogen and oxygen atoms in total. The van der Waals surface area contributed by atoms with Crippen LogP contribution in [0.25, 0.3) is 0 Å². The van der Waals surface area contributed by atoms with E-state index in [0.717, 1.165) is 18.8 Å². The summed E-state index contributed by atoms with van der Waals surface area (Å²) in [5.74, 6) is 3.03. The summed E-state index contributed by atoms with van der Waals surface area (Å²) in [6.45, 7) is 5.14. The number of nitrogens with one attached hydrogen (secondary N) is 2. The fraction of sp³-hybridized carbons (Fsp3) is 0.690. The average molecular weight is 495 g/mol. The number of allylic oxidation sites excluding steroid dienone is 3. The van der Waals surface area contributed by atoms with E-state index in [1.165, 1.54) is 12.8 Å². The Bertz CT molecular complexity index is 1050. The first-order valence-electron chi connectivity index (χ1n) is 13.9. The third-order valence-electron chi connectivity index (χ3n) is 10.3. The summed E-state index contributed by atoms with van der Waals surface area (Å²) < 4.78 is 6.40. The van der Waals surface area contributed by atoms with Crippen LogP contribution in [0.4, 0.5) is 0 Å². The molecule has 7 heteroatoms. The smallest absolute Gasteiger partial charge is 0.259 e. The number of carbonyl (C=O) groups excluding carboxylic acids is 3. The minimum absolute atomic E-state index is 0.122. The summed E-state index contributed by atoms with van der Waals surface area (Å²) in [4.78, 5) is 37.7. The van der Waals surface area contributed by atoms with Crippen molar-refractivity contribution in [2.24, 2.45) is 47.3 Å². The van der Waals surface area contributed by atoms with E-state index in [4.69, 9.17) is 4.74 Å². The summed E-state index contributed by atoms with van der Waals surface area (Å²) in [5.41, 5.74) is -0.139. The lowest BCUT2D eigenvalue weighted by atomic mass is 9.65. The number of rotatable bonds is 1. The van der Waals surface area contributed by atoms with E-state index in [-0.39, 0.29) is 28.9 Å². The number of fused-ring (bicyclic) bond motifs is 10. The minimum atomic E-state index is -0.651. The van der Waals surface area contributed by atoms with Crippen molar-refractivity contribution in [1.29, 1.82) is 0 Å². The number of hydrogen-bond donors (Lipinski definition) is 3. The van der Waals surface area contributed by atoms with Crippen LogP contribution >= 0.6 is 0 Å². The molecule has 6 aliphatic rings. The molecule has 2 saturated heterocycles. The van der Waals surface area contributed by atoms with Gasteiger partial charge in [0.15, 0.2) is 5.78 Å². The summed E-state index contributed by atoms with van der Waals surface area (Å²) in [6.07, 6.45) is 13.1. The van der Waals surface area contributed by atoms with Gasteiger partial charge in [0.1, 0.15) is 11.3 Å². The van der Waals surface area contributed by atoms with Crippen LogP contribution in [-0.2, 0) is 19.1 Å². The Labute approximate surface area is 212 Å². The Kier molecular flexibility index (Phi) is 6.09. The Morgan fingerprint density at radius 3 is 2.64 bits per heavy atom. The molecule has 194 valence electrons. The van der Waals surface area contributed by atoms with E-state index in [2.05, 4.69) is 24.5 Å². The molecule has 2 amide bonds. The lowest BCUT2D eigenvalue weighted by Gasteiger charge is -2.36. The number of aliphatic hydroxyl groups excluding tert-OH is 1. The van der Waals surface area contributed by atoms with Gasteiger partial charge in [-0.15, -0.1) is 0 Å². The zero-order valence-corrected chi connectivity index (χ0v) is 21.2. The van der Waals surface area contributed by atoms with E-state index >= 15 is 0 Å². The molecule has 6 rings (SSSR count). The molecule has 0 aromatic rings. The van der Waals surface area contributed by atoms with Crippen LogP contribution in [0.2, 0.25) is 0 Å². The van der Waals surface area contributed by atoms with Gasteiger partial charge in [0, 0.05) is 6.54 Å². The molecule has 2 bridgehead atoms. The summed E-state index contributed by atoms with van der Waals surface area (Å²) in [6, 6.07) is -0.651. The topological polar surface area (TPSA) is 108 Å². The van der Waals surface area contributed by atoms with Crippen molar-refractivity contribution in [3.63, 3.8) is 0 Å². The van der Waals surface area contributed by atoms with Gasteiger partial charge in [-0.25, -0.2) is 0 Å². The molecule has 5 fully saturated rings. The van der Waals surface area contributed by atoms with Gasteiger partial charge in [-0.05, 0) is 91.6 Å². The lowest BCUT2D eigenvalue weighted by Crippen LogP contribution is -2.39. The van der Waals surface area contributed by atoms with Gasteiger partial charge in [0.25, 0.3) is 5.91 Å². The molecule has 3 aliphatic heterocycles. The van der Waals surface area contributed by atoms with Crippen molar-refractivity contribution in [2.45, 2.75) is 70.6 Å². The van der Waals surface area contributed by atoms with Crippen molar-refractivity contribution in [1.82, 2.24) is 10.6 Å². The van der Waals surface area contributed by atoms with Crippen LogP contribution in [0.3, 0.4) is 0 Å². The standard InChI is InChI=1S/C29H38N2O5/c1-3-16-14(2)12-18-19-13-15-9-10-21(32)25-26(34)20(31-29(25)35)7-5-11-30-22(33)8-4-6-17(15)24(19)28-27(36-28)23(16)18/h4,8-10,14-20,23-24,27-28,32H,3,5-7,11-13H2,1-2H3,(H,30,33)(H,31,35)/b8-4-,10-9-,25-21?/t14-,15-,16-,17+,18-,19-,20-,23+,24-,27-,28+/m1/s1. The Morgan fingerprint density at radius 2 is 1.83 bits per heavy atom. The molecule has 3 saturated carbocycles. The summed E-state index contributed by atoms with van der Waals surface area (Å²) >= 11 is 0. The predicted molar refractivity (Wildman–Crippen MR) is 134 cm³/mol. The molecule has 0 radical (unpaired) electrons. The molecule has 0 spiro atoms. The highest BCUT2D eigenvalue weighted by molar-refractivity contribution is 6.27. The van der Waals surface area contributed by atoms with E-state index in [0.29, 0.717) is 67.1 Å². The SMILES string of the molecule is CC[C@H]1[C@H]2[C@H](C[C@H]1C)[C@H]1C[C@H]3/C=C\C(O)=C4C(=O)N[C@H](CCCNC(=O)/C=C\C[C@@H]3[C@H]1[C@@H]1O[C@@H]12)C4=O. The fourth-order valence-corrected chi connectivity index (χ4v) is 8.82. The highest BCUT2D eigenvalue weighted by Crippen LogP contribution is 2.66. The first-order chi connectivity index (χ1) is 17.4. The van der Waals surface area contributed by atoms with Crippen LogP contribution < -0.4 is 10.6 Å². The maximum Gasteiger partial charge on any atom is 0.259 e. The largest absolute Gasteiger partial charge is 0.507 e. The third-order valence-corrected chi connectivity index (χ3v) is 10.3. The van der Waals surface area contributed by atoms with E-state index in [1.54, 1.807) is 12.2 Å². The molecule has 0 aromatic heterocycles. The zero-order chi connectivity index (χ0) is 25.1. The Balaban J connectivity index is 1.32. The van der Waals surface area contributed by atoms with Crippen LogP contribution in [-0.4, -0.2) is 47.5 Å². The highest BCUT2D eigenvalue weighted by Gasteiger charge is 2.67. The van der Waals surface area contributed by atoms with E-state index < -0.39 is 11.9 Å². The molecule has 11 atom stereocenters. The van der Waals surface area contributed by atoms with E-state index in [9.17, 15) is 19.5 Å². The summed E-state index contributed by atoms with van der Waals surface area (Å²) in [5, 5.41) is 16.4. The molecule has 3 N–H and O–H groups in total. The summed E-state index contributed by atoms with van der Waals surface area (Å²) in [7, 11) is 0. The van der Waals surface area contributed by atoms with Crippen molar-refractivity contribution < 1.29 is 24.2 Å². The number of amides is 2. The van der Waals surface area contributed by atoms with Crippen LogP contribution in [0, 0.1) is 47.3 Å². The third kappa shape index (κ3) is 3.85. The Hall–Kier alpha value is -2.41. The molecule has 0 unspecified atom stereocenters. The maximum absolute atomic E-state index is 12.8. The van der Waals surface area contributed by atoms with Gasteiger partial charge in [-0.1, -0.05) is 32.4 Å². The van der Waals surface area contributed by atoms with Gasteiger partial charge < -0.3 is 20.5 Å². The molecular formula is C29H38N2O5. The molecule has 0 aromatic carbocycles. The fourth-order valence-electron chi connectivity index (χ4n) is 8.82. The number of ether oxygens (including phenoxy) is 1. The van der Waals surface area contributed by atoms with Crippen molar-refractivity contribution >= 4 is 17.6 Å². The predicted octanol–water partition coefficient (Wildman–Crippen LogP) is 3.23. The second-order valence-electron chi connectivity index (χ2n) is 12.0. The lowest BCUT2D eigenvalue weighted by molar-refractivity contribution is -0.118. The first-order valence-corrected chi connectivity index (χ1v) is 13.9. The van der Waals surface area contributed by atoms with Gasteiger partial charge >= 0.3 is 0 Å². The number of carbonyl (C=O) groups is 3. The van der Waals surface area contributed by atoms with Gasteiger partial charge in [-0.3, -0.25) is 14.4 Å². The molecule has 36 heavy (non-hydrogen) atoms. The minimum Gasteiger partial charge on any atom is -0.507 e. The highest BCUT2D eigenvalue weighted by atomic mass is 16.6. The monoisotopic (exact) mass is 494 g/mol. The van der Waals surface area contributed by atoms with Gasteiger partial charge in [0.2, 0.25) is 5.91 Å². The van der Waals surface area contributed by atoms with Crippen molar-refractivity contribution in [2.75, 3.05) is 6.54 Å². The number of hydrogen-bond acceptors (Lipinski definition) is 5. The Morgan fingerprint density at radius 1 is 1.06 bits per heavy atom. The van der Waals surface area contributed by atoms with Crippen LogP contribution in [0.1, 0.15) is 52.4 Å². The van der Waals surface area contributed by atoms with E-state index in [1.807, 2.05) is 12.2 Å². The quantitative estimate of drug-likeness (QED) is 0.383. The second-order valence-corrected chi connectivity index (χ2v) is 12.0. The zero-order valence-electron chi connectivity index (χ0n) is 21.2. The number of epoxide rings is 1. The van der Waals surface area contributed by atoms with Crippen molar-refractivity contribution in [3.8, 4) is 0 Å². The van der Waals surface area contributed by atoms with Crippen LogP contribution in [0.15, 0.2) is 35.6 Å².